The summed E-state index contributed by atoms with van der Waals surface area (Å²) in [5.74, 6) is -0.295. The van der Waals surface area contributed by atoms with Gasteiger partial charge in [-0.15, -0.1) is 0 Å². The molecule has 0 bridgehead atoms. The molecule has 0 aliphatic heterocycles. The fourth-order valence-electron chi connectivity index (χ4n) is 1.83. The van der Waals surface area contributed by atoms with Gasteiger partial charge < -0.3 is 10.1 Å². The van der Waals surface area contributed by atoms with Crippen LogP contribution in [0, 0.1) is 0 Å². The van der Waals surface area contributed by atoms with Gasteiger partial charge in [0.15, 0.2) is 0 Å². The van der Waals surface area contributed by atoms with Crippen molar-refractivity contribution in [3.63, 3.8) is 0 Å². The molecule has 0 unspecified atom stereocenters. The van der Waals surface area contributed by atoms with Crippen LogP contribution in [0.4, 0.5) is 13.2 Å². The highest BCUT2D eigenvalue weighted by molar-refractivity contribution is 6.29. The molecule has 2 rings (SSSR count). The summed E-state index contributed by atoms with van der Waals surface area (Å²) in [4.78, 5) is 15.7. The minimum atomic E-state index is -4.33. The van der Waals surface area contributed by atoms with Gasteiger partial charge in [0.2, 0.25) is 0 Å². The lowest BCUT2D eigenvalue weighted by Gasteiger charge is -2.09. The van der Waals surface area contributed by atoms with Gasteiger partial charge in [-0.1, -0.05) is 35.9 Å². The number of alkyl halides is 3. The van der Waals surface area contributed by atoms with Crippen LogP contribution in [0.5, 0.6) is 0 Å². The van der Waals surface area contributed by atoms with E-state index >= 15 is 0 Å². The molecule has 8 heteroatoms. The van der Waals surface area contributed by atoms with Crippen molar-refractivity contribution in [2.45, 2.75) is 19.3 Å². The second-order valence-electron chi connectivity index (χ2n) is 4.98. The fourth-order valence-corrected chi connectivity index (χ4v) is 1.94. The summed E-state index contributed by atoms with van der Waals surface area (Å²) in [7, 11) is 0. The van der Waals surface area contributed by atoms with Crippen LogP contribution >= 0.6 is 11.6 Å². The van der Waals surface area contributed by atoms with E-state index in [9.17, 15) is 18.0 Å². The molecule has 1 aromatic heterocycles. The van der Waals surface area contributed by atoms with Crippen molar-refractivity contribution < 1.29 is 22.7 Å². The molecular weight excluding hydrogens is 345 g/mol. The smallest absolute Gasteiger partial charge is 0.367 e. The number of nitrogens with one attached hydrogen (secondary N) is 1. The molecule has 0 fully saturated rings. The Hall–Kier alpha value is -2.12. The summed E-state index contributed by atoms with van der Waals surface area (Å²) in [6, 6.07) is 9.82. The lowest BCUT2D eigenvalue weighted by atomic mass is 10.1. The lowest BCUT2D eigenvalue weighted by Crippen LogP contribution is -2.22. The predicted molar refractivity (Wildman–Crippen MR) is 82.6 cm³/mol. The number of ether oxygens (including phenoxy) is 1. The van der Waals surface area contributed by atoms with Crippen molar-refractivity contribution in [3.05, 3.63) is 64.4 Å². The summed E-state index contributed by atoms with van der Waals surface area (Å²) in [5, 5.41) is 3.02. The van der Waals surface area contributed by atoms with Crippen LogP contribution in [-0.4, -0.2) is 23.7 Å². The average molecular weight is 359 g/mol. The maximum Gasteiger partial charge on any atom is 0.411 e. The summed E-state index contributed by atoms with van der Waals surface area (Å²) >= 11 is 5.65. The molecule has 4 nitrogen and oxygen atoms in total. The number of nitrogens with zero attached hydrogens (tertiary/aromatic N) is 1. The third-order valence-corrected chi connectivity index (χ3v) is 3.22. The van der Waals surface area contributed by atoms with Crippen molar-refractivity contribution >= 4 is 17.5 Å². The van der Waals surface area contributed by atoms with Crippen molar-refractivity contribution in [1.29, 1.82) is 0 Å². The van der Waals surface area contributed by atoms with Crippen LogP contribution in [0.2, 0.25) is 5.15 Å². The van der Waals surface area contributed by atoms with Gasteiger partial charge in [0.25, 0.3) is 5.91 Å². The van der Waals surface area contributed by atoms with Crippen LogP contribution in [0.25, 0.3) is 0 Å². The molecule has 0 atom stereocenters. The van der Waals surface area contributed by atoms with Crippen LogP contribution in [0.1, 0.15) is 21.5 Å². The van der Waals surface area contributed by atoms with Gasteiger partial charge in [0, 0.05) is 12.7 Å². The SMILES string of the molecule is O=C(NCc1ccc(COCC(F)(F)F)cc1)c1ccc(Cl)nc1. The average Bonchev–Trinajstić information content (AvgIpc) is 2.53. The van der Waals surface area contributed by atoms with E-state index in [1.165, 1.54) is 12.3 Å². The van der Waals surface area contributed by atoms with Crippen LogP contribution in [0.15, 0.2) is 42.6 Å². The van der Waals surface area contributed by atoms with E-state index in [4.69, 9.17) is 11.6 Å². The Balaban J connectivity index is 1.81. The first-order valence-corrected chi connectivity index (χ1v) is 7.33. The van der Waals surface area contributed by atoms with Crippen molar-refractivity contribution in [2.24, 2.45) is 0 Å². The van der Waals surface area contributed by atoms with Gasteiger partial charge in [-0.05, 0) is 23.3 Å². The second-order valence-corrected chi connectivity index (χ2v) is 5.36. The molecule has 2 aromatic rings. The molecule has 0 saturated carbocycles. The number of benzene rings is 1. The Morgan fingerprint density at radius 1 is 1.12 bits per heavy atom. The third kappa shape index (κ3) is 6.17. The van der Waals surface area contributed by atoms with Crippen LogP contribution < -0.4 is 5.32 Å². The van der Waals surface area contributed by atoms with E-state index < -0.39 is 12.8 Å². The van der Waals surface area contributed by atoms with E-state index in [2.05, 4.69) is 15.0 Å². The summed E-state index contributed by atoms with van der Waals surface area (Å²) < 4.78 is 40.5. The van der Waals surface area contributed by atoms with Gasteiger partial charge in [0.1, 0.15) is 11.8 Å². The molecule has 0 aliphatic rings. The number of amides is 1. The van der Waals surface area contributed by atoms with E-state index in [1.807, 2.05) is 0 Å². The molecule has 1 N–H and O–H groups in total. The third-order valence-electron chi connectivity index (χ3n) is 3.00. The maximum atomic E-state index is 12.0. The fraction of sp³-hybridized carbons (Fsp3) is 0.250. The molecule has 0 aliphatic carbocycles. The zero-order valence-electron chi connectivity index (χ0n) is 12.4. The first-order valence-electron chi connectivity index (χ1n) is 6.95. The van der Waals surface area contributed by atoms with E-state index in [0.29, 0.717) is 16.3 Å². The lowest BCUT2D eigenvalue weighted by molar-refractivity contribution is -0.176. The highest BCUT2D eigenvalue weighted by Crippen LogP contribution is 2.16. The van der Waals surface area contributed by atoms with E-state index in [1.54, 1.807) is 30.3 Å². The highest BCUT2D eigenvalue weighted by atomic mass is 35.5. The normalized spacial score (nSPS) is 11.3. The van der Waals surface area contributed by atoms with Crippen molar-refractivity contribution in [3.8, 4) is 0 Å². The molecule has 128 valence electrons. The zero-order chi connectivity index (χ0) is 17.6. The number of aromatic nitrogens is 1. The number of hydrogen-bond acceptors (Lipinski definition) is 3. The minimum absolute atomic E-state index is 0.122. The predicted octanol–water partition coefficient (Wildman–Crippen LogP) is 3.74. The molecule has 1 aromatic carbocycles. The Morgan fingerprint density at radius 3 is 2.38 bits per heavy atom. The van der Waals surface area contributed by atoms with Crippen LogP contribution in [0.3, 0.4) is 0 Å². The van der Waals surface area contributed by atoms with Gasteiger partial charge in [-0.25, -0.2) is 4.98 Å². The Kier molecular flexibility index (Phi) is 6.16. The number of hydrogen-bond donors (Lipinski definition) is 1. The molecule has 0 saturated heterocycles. The Labute approximate surface area is 141 Å². The van der Waals surface area contributed by atoms with Gasteiger partial charge in [-0.3, -0.25) is 4.79 Å². The maximum absolute atomic E-state index is 12.0. The number of halogens is 4. The van der Waals surface area contributed by atoms with Gasteiger partial charge in [0.05, 0.1) is 12.2 Å². The number of rotatable bonds is 6. The molecule has 0 spiro atoms. The Bertz CT molecular complexity index is 673. The van der Waals surface area contributed by atoms with Gasteiger partial charge in [-0.2, -0.15) is 13.2 Å². The van der Waals surface area contributed by atoms with Crippen molar-refractivity contribution in [1.82, 2.24) is 10.3 Å². The zero-order valence-corrected chi connectivity index (χ0v) is 13.2. The topological polar surface area (TPSA) is 51.2 Å². The molecular formula is C16H14ClF3N2O2. The first-order chi connectivity index (χ1) is 11.3. The molecule has 1 amide bonds. The van der Waals surface area contributed by atoms with E-state index in [0.717, 1.165) is 5.56 Å². The monoisotopic (exact) mass is 358 g/mol. The first kappa shape index (κ1) is 18.2. The number of pyridine rings is 1. The summed E-state index contributed by atoms with van der Waals surface area (Å²) in [6.07, 6.45) is -2.96. The quantitative estimate of drug-likeness (QED) is 0.800. The minimum Gasteiger partial charge on any atom is -0.367 e. The molecule has 0 radical (unpaired) electrons. The number of carbonyl (C=O) groups is 1. The summed E-state index contributed by atoms with van der Waals surface area (Å²) in [5.41, 5.74) is 1.82. The standard InChI is InChI=1S/C16H14ClF3N2O2/c17-14-6-5-13(8-21-14)15(23)22-7-11-1-3-12(4-2-11)9-24-10-16(18,19)20/h1-6,8H,7,9-10H2,(H,22,23). The molecule has 24 heavy (non-hydrogen) atoms. The van der Waals surface area contributed by atoms with Crippen LogP contribution in [-0.2, 0) is 17.9 Å². The van der Waals surface area contributed by atoms with E-state index in [-0.39, 0.29) is 19.1 Å². The molecule has 1 heterocycles. The largest absolute Gasteiger partial charge is 0.411 e. The van der Waals surface area contributed by atoms with Gasteiger partial charge >= 0.3 is 6.18 Å². The highest BCUT2D eigenvalue weighted by Gasteiger charge is 2.27. The number of carbonyl (C=O) groups excluding carboxylic acids is 1. The second kappa shape index (κ2) is 8.12. The van der Waals surface area contributed by atoms with Crippen molar-refractivity contribution in [2.75, 3.05) is 6.61 Å². The summed E-state index contributed by atoms with van der Waals surface area (Å²) in [6.45, 7) is -1.12. The Morgan fingerprint density at radius 2 is 1.79 bits per heavy atom.